The van der Waals surface area contributed by atoms with E-state index in [1.807, 2.05) is 6.07 Å². The van der Waals surface area contributed by atoms with Crippen LogP contribution >= 0.6 is 11.3 Å². The maximum atomic E-state index is 4.60. The standard InChI is InChI=1S/C14H19N3S/c1-17-10-4-5-11(17)8-9-15-14-16-12-6-2-3-7-13(12)18-14/h2-3,6-7,11H,4-5,8-10H2,1H3,(H,15,16)/p+1/t11-/m0/s1. The molecule has 1 unspecified atom stereocenters. The van der Waals surface area contributed by atoms with Gasteiger partial charge in [0.15, 0.2) is 5.13 Å². The van der Waals surface area contributed by atoms with Gasteiger partial charge in [0.2, 0.25) is 0 Å². The van der Waals surface area contributed by atoms with Gasteiger partial charge in [-0.15, -0.1) is 0 Å². The predicted molar refractivity (Wildman–Crippen MR) is 77.5 cm³/mol. The van der Waals surface area contributed by atoms with Crippen LogP contribution in [0.3, 0.4) is 0 Å². The molecule has 0 amide bonds. The third-order valence-corrected chi connectivity index (χ3v) is 4.88. The number of hydrogen-bond acceptors (Lipinski definition) is 3. The molecule has 2 N–H and O–H groups in total. The van der Waals surface area contributed by atoms with Crippen molar-refractivity contribution in [1.82, 2.24) is 4.98 Å². The summed E-state index contributed by atoms with van der Waals surface area (Å²) in [6, 6.07) is 9.16. The zero-order valence-electron chi connectivity index (χ0n) is 10.8. The number of quaternary nitrogens is 1. The minimum absolute atomic E-state index is 0.840. The first kappa shape index (κ1) is 11.9. The summed E-state index contributed by atoms with van der Waals surface area (Å²) in [6.45, 7) is 2.38. The van der Waals surface area contributed by atoms with E-state index < -0.39 is 0 Å². The Hall–Kier alpha value is -1.13. The highest BCUT2D eigenvalue weighted by molar-refractivity contribution is 7.22. The van der Waals surface area contributed by atoms with Crippen LogP contribution in [-0.2, 0) is 0 Å². The van der Waals surface area contributed by atoms with Gasteiger partial charge < -0.3 is 10.2 Å². The van der Waals surface area contributed by atoms with Crippen molar-refractivity contribution in [2.75, 3.05) is 25.5 Å². The van der Waals surface area contributed by atoms with E-state index in [2.05, 4.69) is 35.5 Å². The number of fused-ring (bicyclic) bond motifs is 1. The number of anilines is 1. The van der Waals surface area contributed by atoms with Gasteiger partial charge in [0.1, 0.15) is 0 Å². The topological polar surface area (TPSA) is 29.4 Å². The van der Waals surface area contributed by atoms with E-state index in [0.29, 0.717) is 0 Å². The molecule has 1 aromatic carbocycles. The molecule has 18 heavy (non-hydrogen) atoms. The number of likely N-dealkylation sites (tertiary alicyclic amines) is 1. The van der Waals surface area contributed by atoms with Crippen molar-refractivity contribution >= 4 is 26.7 Å². The van der Waals surface area contributed by atoms with Crippen LogP contribution < -0.4 is 10.2 Å². The van der Waals surface area contributed by atoms with Gasteiger partial charge in [-0.3, -0.25) is 0 Å². The van der Waals surface area contributed by atoms with Crippen molar-refractivity contribution in [3.05, 3.63) is 24.3 Å². The van der Waals surface area contributed by atoms with Gasteiger partial charge in [0.05, 0.1) is 29.9 Å². The van der Waals surface area contributed by atoms with Crippen molar-refractivity contribution in [3.63, 3.8) is 0 Å². The molecule has 2 atom stereocenters. The van der Waals surface area contributed by atoms with Gasteiger partial charge in [0, 0.05) is 25.8 Å². The smallest absolute Gasteiger partial charge is 0.183 e. The molecule has 0 aliphatic carbocycles. The third-order valence-electron chi connectivity index (χ3n) is 3.88. The van der Waals surface area contributed by atoms with Crippen LogP contribution in [0.25, 0.3) is 10.2 Å². The highest BCUT2D eigenvalue weighted by Gasteiger charge is 2.24. The second-order valence-corrected chi connectivity index (χ2v) is 6.17. The fourth-order valence-electron chi connectivity index (χ4n) is 2.77. The summed E-state index contributed by atoms with van der Waals surface area (Å²) < 4.78 is 1.27. The first-order valence-corrected chi connectivity index (χ1v) is 7.56. The fraction of sp³-hybridized carbons (Fsp3) is 0.500. The minimum atomic E-state index is 0.840. The first-order valence-electron chi connectivity index (χ1n) is 6.75. The predicted octanol–water partition coefficient (Wildman–Crippen LogP) is 1.78. The average molecular weight is 262 g/mol. The SMILES string of the molecule is C[NH+]1CCC[C@H]1CCNc1nc2ccccc2s1. The van der Waals surface area contributed by atoms with Crippen LogP contribution in [-0.4, -0.2) is 31.2 Å². The molecule has 1 fully saturated rings. The zero-order chi connectivity index (χ0) is 12.4. The van der Waals surface area contributed by atoms with Gasteiger partial charge in [-0.1, -0.05) is 23.5 Å². The Morgan fingerprint density at radius 2 is 2.33 bits per heavy atom. The lowest BCUT2D eigenvalue weighted by Gasteiger charge is -2.16. The molecule has 1 aliphatic heterocycles. The molecule has 1 aromatic heterocycles. The van der Waals surface area contributed by atoms with E-state index in [4.69, 9.17) is 0 Å². The molecule has 2 aromatic rings. The van der Waals surface area contributed by atoms with Crippen LogP contribution in [0.5, 0.6) is 0 Å². The van der Waals surface area contributed by atoms with Gasteiger partial charge in [0.25, 0.3) is 0 Å². The Morgan fingerprint density at radius 3 is 3.11 bits per heavy atom. The van der Waals surface area contributed by atoms with Crippen LogP contribution in [0.4, 0.5) is 5.13 Å². The quantitative estimate of drug-likeness (QED) is 0.879. The van der Waals surface area contributed by atoms with Gasteiger partial charge in [-0.05, 0) is 12.1 Å². The lowest BCUT2D eigenvalue weighted by molar-refractivity contribution is -0.892. The monoisotopic (exact) mass is 262 g/mol. The molecule has 1 aliphatic rings. The van der Waals surface area contributed by atoms with Crippen LogP contribution in [0.15, 0.2) is 24.3 Å². The Morgan fingerprint density at radius 1 is 1.44 bits per heavy atom. The number of rotatable bonds is 4. The molecule has 3 rings (SSSR count). The van der Waals surface area contributed by atoms with Crippen LogP contribution in [0, 0.1) is 0 Å². The molecule has 1 saturated heterocycles. The van der Waals surface area contributed by atoms with E-state index in [1.165, 1.54) is 30.5 Å². The van der Waals surface area contributed by atoms with E-state index in [0.717, 1.165) is 23.2 Å². The number of hydrogen-bond donors (Lipinski definition) is 2. The normalized spacial score (nSPS) is 23.6. The summed E-state index contributed by atoms with van der Waals surface area (Å²) in [7, 11) is 2.31. The number of thiazole rings is 1. The Balaban J connectivity index is 1.56. The van der Waals surface area contributed by atoms with Crippen LogP contribution in [0.2, 0.25) is 0 Å². The van der Waals surface area contributed by atoms with E-state index in [-0.39, 0.29) is 0 Å². The largest absolute Gasteiger partial charge is 0.361 e. The summed E-state index contributed by atoms with van der Waals surface area (Å²) >= 11 is 1.75. The molecule has 3 nitrogen and oxygen atoms in total. The third kappa shape index (κ3) is 2.49. The van der Waals surface area contributed by atoms with E-state index in [1.54, 1.807) is 16.2 Å². The zero-order valence-corrected chi connectivity index (χ0v) is 11.6. The average Bonchev–Trinajstić information content (AvgIpc) is 2.96. The molecule has 2 heterocycles. The minimum Gasteiger partial charge on any atom is -0.361 e. The summed E-state index contributed by atoms with van der Waals surface area (Å²) in [6.07, 6.45) is 4.02. The molecule has 0 bridgehead atoms. The van der Waals surface area contributed by atoms with Crippen molar-refractivity contribution in [1.29, 1.82) is 0 Å². The second kappa shape index (κ2) is 5.24. The molecule has 0 radical (unpaired) electrons. The summed E-state index contributed by atoms with van der Waals surface area (Å²) in [4.78, 5) is 6.29. The Bertz CT molecular complexity index is 489. The highest BCUT2D eigenvalue weighted by atomic mass is 32.1. The Kier molecular flexibility index (Phi) is 3.48. The van der Waals surface area contributed by atoms with Crippen molar-refractivity contribution in [3.8, 4) is 0 Å². The lowest BCUT2D eigenvalue weighted by Crippen LogP contribution is -3.10. The maximum absolute atomic E-state index is 4.60. The molecule has 96 valence electrons. The van der Waals surface area contributed by atoms with Crippen LogP contribution in [0.1, 0.15) is 19.3 Å². The van der Waals surface area contributed by atoms with Crippen molar-refractivity contribution in [2.24, 2.45) is 0 Å². The molecule has 0 saturated carbocycles. The lowest BCUT2D eigenvalue weighted by atomic mass is 10.1. The summed E-state index contributed by atoms with van der Waals surface area (Å²) in [5.41, 5.74) is 1.11. The van der Waals surface area contributed by atoms with Crippen molar-refractivity contribution in [2.45, 2.75) is 25.3 Å². The number of aromatic nitrogens is 1. The molecular formula is C14H20N3S+. The van der Waals surface area contributed by atoms with Gasteiger partial charge >= 0.3 is 0 Å². The number of nitrogens with one attached hydrogen (secondary N) is 2. The fourth-order valence-corrected chi connectivity index (χ4v) is 3.66. The van der Waals surface area contributed by atoms with Gasteiger partial charge in [-0.2, -0.15) is 0 Å². The van der Waals surface area contributed by atoms with E-state index in [9.17, 15) is 0 Å². The molecular weight excluding hydrogens is 242 g/mol. The highest BCUT2D eigenvalue weighted by Crippen LogP contribution is 2.25. The second-order valence-electron chi connectivity index (χ2n) is 5.14. The number of para-hydroxylation sites is 1. The summed E-state index contributed by atoms with van der Waals surface area (Å²) in [5.74, 6) is 0. The first-order chi connectivity index (χ1) is 8.83. The molecule has 4 heteroatoms. The van der Waals surface area contributed by atoms with Crippen molar-refractivity contribution < 1.29 is 4.90 Å². The number of benzene rings is 1. The van der Waals surface area contributed by atoms with E-state index >= 15 is 0 Å². The number of nitrogens with zero attached hydrogens (tertiary/aromatic N) is 1. The summed E-state index contributed by atoms with van der Waals surface area (Å²) in [5, 5.41) is 4.54. The maximum Gasteiger partial charge on any atom is 0.183 e. The van der Waals surface area contributed by atoms with Gasteiger partial charge in [-0.25, -0.2) is 4.98 Å². The Labute approximate surface area is 112 Å². The molecule has 0 spiro atoms.